The summed E-state index contributed by atoms with van der Waals surface area (Å²) >= 11 is 0. The highest BCUT2D eigenvalue weighted by molar-refractivity contribution is 5.33. The summed E-state index contributed by atoms with van der Waals surface area (Å²) in [5, 5.41) is 0. The highest BCUT2D eigenvalue weighted by Gasteiger charge is 2.16. The second-order valence-electron chi connectivity index (χ2n) is 10.9. The minimum absolute atomic E-state index is 0.310. The quantitative estimate of drug-likeness (QED) is 0.409. The largest absolute Gasteiger partial charge is 0.377 e. The van der Waals surface area contributed by atoms with Gasteiger partial charge < -0.3 is 4.74 Å². The Labute approximate surface area is 163 Å². The van der Waals surface area contributed by atoms with E-state index < -0.39 is 0 Å². The molecule has 0 heterocycles. The van der Waals surface area contributed by atoms with Crippen LogP contribution in [0, 0.1) is 16.7 Å². The van der Waals surface area contributed by atoms with E-state index in [4.69, 9.17) is 4.74 Å². The molecule has 0 saturated heterocycles. The molecule has 0 aromatic heterocycles. The molecule has 1 atom stereocenters. The van der Waals surface area contributed by atoms with Gasteiger partial charge in [0.25, 0.3) is 0 Å². The van der Waals surface area contributed by atoms with Gasteiger partial charge in [-0.25, -0.2) is 0 Å². The van der Waals surface area contributed by atoms with Gasteiger partial charge in [0.2, 0.25) is 0 Å². The molecule has 1 rings (SSSR count). The number of hydrogen-bond acceptors (Lipinski definition) is 1. The van der Waals surface area contributed by atoms with Crippen LogP contribution in [0.5, 0.6) is 0 Å². The van der Waals surface area contributed by atoms with E-state index >= 15 is 0 Å². The van der Waals surface area contributed by atoms with Crippen LogP contribution >= 0.6 is 0 Å². The van der Waals surface area contributed by atoms with E-state index in [2.05, 4.69) is 80.5 Å². The van der Waals surface area contributed by atoms with Gasteiger partial charge in [-0.2, -0.15) is 0 Å². The topological polar surface area (TPSA) is 9.23 Å². The molecular formula is C25H44O. The molecule has 150 valence electrons. The van der Waals surface area contributed by atoms with Crippen LogP contribution in [0.4, 0.5) is 0 Å². The first-order chi connectivity index (χ1) is 11.9. The number of benzene rings is 1. The van der Waals surface area contributed by atoms with Crippen molar-refractivity contribution in [3.63, 3.8) is 0 Å². The Kier molecular flexibility index (Phi) is 8.86. The molecule has 26 heavy (non-hydrogen) atoms. The van der Waals surface area contributed by atoms with E-state index in [0.29, 0.717) is 22.7 Å². The standard InChI is InChI=1S/C25H44O/c1-19(2)20(3)23-15-21(17-25(7,8)9)14-22(16-23)18-26-13-11-10-12-24(4,5)6/h14-16,19-20H,10-13,17-18H2,1-9H3. The van der Waals surface area contributed by atoms with Crippen molar-refractivity contribution in [1.82, 2.24) is 0 Å². The Balaban J connectivity index is 2.70. The lowest BCUT2D eigenvalue weighted by atomic mass is 9.84. The Morgan fingerprint density at radius 3 is 1.96 bits per heavy atom. The molecule has 0 bridgehead atoms. The second kappa shape index (κ2) is 9.93. The lowest BCUT2D eigenvalue weighted by Crippen LogP contribution is -2.11. The Morgan fingerprint density at radius 1 is 0.808 bits per heavy atom. The number of unbranched alkanes of at least 4 members (excludes halogenated alkanes) is 1. The summed E-state index contributed by atoms with van der Waals surface area (Å²) in [7, 11) is 0. The van der Waals surface area contributed by atoms with Gasteiger partial charge in [0.05, 0.1) is 6.61 Å². The normalized spacial score (nSPS) is 14.1. The SMILES string of the molecule is CC(C)C(C)c1cc(COCCCCC(C)(C)C)cc(CC(C)(C)C)c1. The van der Waals surface area contributed by atoms with Crippen LogP contribution < -0.4 is 0 Å². The maximum atomic E-state index is 6.01. The summed E-state index contributed by atoms with van der Waals surface area (Å²) in [5.74, 6) is 1.24. The van der Waals surface area contributed by atoms with Gasteiger partial charge in [0.15, 0.2) is 0 Å². The van der Waals surface area contributed by atoms with Crippen molar-refractivity contribution in [1.29, 1.82) is 0 Å². The van der Waals surface area contributed by atoms with E-state index in [0.717, 1.165) is 26.1 Å². The lowest BCUT2D eigenvalue weighted by molar-refractivity contribution is 0.114. The third-order valence-corrected chi connectivity index (χ3v) is 5.07. The molecule has 1 aromatic rings. The molecule has 0 aliphatic carbocycles. The summed E-state index contributed by atoms with van der Waals surface area (Å²) < 4.78 is 6.01. The molecule has 0 aliphatic rings. The van der Waals surface area contributed by atoms with Crippen molar-refractivity contribution in [2.24, 2.45) is 16.7 Å². The molecule has 0 fully saturated rings. The smallest absolute Gasteiger partial charge is 0.0717 e. The third-order valence-electron chi connectivity index (χ3n) is 5.07. The molecule has 0 spiro atoms. The fraction of sp³-hybridized carbons (Fsp3) is 0.760. The van der Waals surface area contributed by atoms with Gasteiger partial charge in [-0.3, -0.25) is 0 Å². The summed E-state index contributed by atoms with van der Waals surface area (Å²) in [6.07, 6.45) is 4.80. The molecule has 1 aromatic carbocycles. The average molecular weight is 361 g/mol. The maximum Gasteiger partial charge on any atom is 0.0717 e. The van der Waals surface area contributed by atoms with E-state index in [1.54, 1.807) is 0 Å². The molecule has 1 nitrogen and oxygen atoms in total. The zero-order valence-electron chi connectivity index (χ0n) is 19.0. The van der Waals surface area contributed by atoms with Crippen LogP contribution in [0.3, 0.4) is 0 Å². The molecule has 0 saturated carbocycles. The van der Waals surface area contributed by atoms with Gasteiger partial charge in [0.1, 0.15) is 0 Å². The first-order valence-corrected chi connectivity index (χ1v) is 10.6. The van der Waals surface area contributed by atoms with E-state index in [1.807, 2.05) is 0 Å². The van der Waals surface area contributed by atoms with Crippen LogP contribution in [0.15, 0.2) is 18.2 Å². The minimum atomic E-state index is 0.310. The van der Waals surface area contributed by atoms with Crippen LogP contribution in [0.1, 0.15) is 104 Å². The van der Waals surface area contributed by atoms with E-state index in [1.165, 1.54) is 29.5 Å². The summed E-state index contributed by atoms with van der Waals surface area (Å²) in [6.45, 7) is 22.5. The molecule has 0 radical (unpaired) electrons. The van der Waals surface area contributed by atoms with E-state index in [9.17, 15) is 0 Å². The Morgan fingerprint density at radius 2 is 1.42 bits per heavy atom. The van der Waals surface area contributed by atoms with Crippen molar-refractivity contribution in [3.8, 4) is 0 Å². The number of rotatable bonds is 9. The van der Waals surface area contributed by atoms with Gasteiger partial charge >= 0.3 is 0 Å². The van der Waals surface area contributed by atoms with Crippen LogP contribution in [0.2, 0.25) is 0 Å². The summed E-state index contributed by atoms with van der Waals surface area (Å²) in [5.41, 5.74) is 5.00. The highest BCUT2D eigenvalue weighted by Crippen LogP contribution is 2.29. The summed E-state index contributed by atoms with van der Waals surface area (Å²) in [6, 6.07) is 7.14. The minimum Gasteiger partial charge on any atom is -0.377 e. The lowest BCUT2D eigenvalue weighted by Gasteiger charge is -2.22. The van der Waals surface area contributed by atoms with Crippen molar-refractivity contribution in [3.05, 3.63) is 34.9 Å². The van der Waals surface area contributed by atoms with Crippen molar-refractivity contribution < 1.29 is 4.74 Å². The number of hydrogen-bond donors (Lipinski definition) is 0. The zero-order chi connectivity index (χ0) is 20.0. The first kappa shape index (κ1) is 23.2. The predicted octanol–water partition coefficient (Wildman–Crippen LogP) is 7.77. The molecule has 0 N–H and O–H groups in total. The third kappa shape index (κ3) is 9.76. The molecule has 0 amide bonds. The Bertz CT molecular complexity index is 528. The average Bonchev–Trinajstić information content (AvgIpc) is 2.46. The molecule has 0 aliphatic heterocycles. The van der Waals surface area contributed by atoms with Gasteiger partial charge in [0, 0.05) is 6.61 Å². The van der Waals surface area contributed by atoms with E-state index in [-0.39, 0.29) is 0 Å². The van der Waals surface area contributed by atoms with Crippen molar-refractivity contribution in [2.75, 3.05) is 6.61 Å². The molecule has 1 unspecified atom stereocenters. The number of ether oxygens (including phenoxy) is 1. The van der Waals surface area contributed by atoms with Gasteiger partial charge in [-0.05, 0) is 58.6 Å². The predicted molar refractivity (Wildman–Crippen MR) is 116 cm³/mol. The fourth-order valence-corrected chi connectivity index (χ4v) is 3.29. The first-order valence-electron chi connectivity index (χ1n) is 10.6. The summed E-state index contributed by atoms with van der Waals surface area (Å²) in [4.78, 5) is 0. The highest BCUT2D eigenvalue weighted by atomic mass is 16.5. The van der Waals surface area contributed by atoms with Crippen molar-refractivity contribution >= 4 is 0 Å². The van der Waals surface area contributed by atoms with Crippen molar-refractivity contribution in [2.45, 2.75) is 101 Å². The zero-order valence-corrected chi connectivity index (χ0v) is 19.0. The van der Waals surface area contributed by atoms with Crippen LogP contribution in [-0.2, 0) is 17.8 Å². The monoisotopic (exact) mass is 360 g/mol. The van der Waals surface area contributed by atoms with Gasteiger partial charge in [-0.1, -0.05) is 86.9 Å². The Hall–Kier alpha value is -0.820. The van der Waals surface area contributed by atoms with Crippen LogP contribution in [0.25, 0.3) is 0 Å². The van der Waals surface area contributed by atoms with Crippen LogP contribution in [-0.4, -0.2) is 6.61 Å². The molecule has 1 heteroatoms. The maximum absolute atomic E-state index is 6.01. The fourth-order valence-electron chi connectivity index (χ4n) is 3.29. The van der Waals surface area contributed by atoms with Gasteiger partial charge in [-0.15, -0.1) is 0 Å². The second-order valence-corrected chi connectivity index (χ2v) is 10.9. The molecular weight excluding hydrogens is 316 g/mol.